The van der Waals surface area contributed by atoms with Gasteiger partial charge in [-0.2, -0.15) is 0 Å². The van der Waals surface area contributed by atoms with Crippen molar-refractivity contribution in [3.05, 3.63) is 32.8 Å². The number of carboxylic acids is 1. The molecule has 1 saturated heterocycles. The molecule has 8 heteroatoms. The van der Waals surface area contributed by atoms with E-state index in [2.05, 4.69) is 5.32 Å². The fourth-order valence-electron chi connectivity index (χ4n) is 2.23. The first-order valence-electron chi connectivity index (χ1n) is 6.28. The second-order valence-electron chi connectivity index (χ2n) is 5.31. The van der Waals surface area contributed by atoms with Crippen LogP contribution in [0.1, 0.15) is 12.5 Å². The Labute approximate surface area is 126 Å². The van der Waals surface area contributed by atoms with Gasteiger partial charge in [-0.1, -0.05) is 11.6 Å². The monoisotopic (exact) mass is 314 g/mol. The normalized spacial score (nSPS) is 24.8. The third-order valence-corrected chi connectivity index (χ3v) is 4.07. The highest BCUT2D eigenvalue weighted by Gasteiger charge is 2.46. The summed E-state index contributed by atoms with van der Waals surface area (Å²) >= 11 is 5.89. The van der Waals surface area contributed by atoms with Gasteiger partial charge in [0.25, 0.3) is 5.69 Å². The van der Waals surface area contributed by atoms with Crippen LogP contribution >= 0.6 is 11.6 Å². The minimum absolute atomic E-state index is 0.00374. The number of carboxylic acid groups (broad SMARTS) is 1. The molecule has 1 aromatic carbocycles. The molecule has 0 amide bonds. The average Bonchev–Trinajstić information content (AvgIpc) is 2.76. The van der Waals surface area contributed by atoms with Gasteiger partial charge in [-0.05, 0) is 25.5 Å². The first kappa shape index (κ1) is 15.5. The third kappa shape index (κ3) is 2.79. The number of nitro benzene ring substituents is 1. The molecular weight excluding hydrogens is 300 g/mol. The molecule has 0 radical (unpaired) electrons. The minimum atomic E-state index is -1.05. The van der Waals surface area contributed by atoms with E-state index in [0.29, 0.717) is 11.3 Å². The van der Waals surface area contributed by atoms with Gasteiger partial charge >= 0.3 is 5.97 Å². The maximum atomic E-state index is 11.4. The second kappa shape index (κ2) is 5.50. The number of ether oxygens (including phenoxy) is 1. The number of benzene rings is 1. The number of nitro groups is 1. The molecule has 7 nitrogen and oxygen atoms in total. The minimum Gasteiger partial charge on any atom is -0.481 e. The molecule has 2 unspecified atom stereocenters. The van der Waals surface area contributed by atoms with Gasteiger partial charge in [-0.3, -0.25) is 14.9 Å². The fourth-order valence-corrected chi connectivity index (χ4v) is 2.47. The summed E-state index contributed by atoms with van der Waals surface area (Å²) in [5.41, 5.74) is -0.0524. The summed E-state index contributed by atoms with van der Waals surface area (Å²) in [7, 11) is 0. The lowest BCUT2D eigenvalue weighted by atomic mass is 9.85. The Morgan fingerprint density at radius 1 is 1.62 bits per heavy atom. The molecule has 0 spiro atoms. The highest BCUT2D eigenvalue weighted by Crippen LogP contribution is 2.35. The van der Waals surface area contributed by atoms with E-state index in [1.54, 1.807) is 13.8 Å². The molecule has 1 aliphatic rings. The van der Waals surface area contributed by atoms with Crippen LogP contribution in [0, 0.1) is 22.5 Å². The number of aryl methyl sites for hydroxylation is 1. The zero-order valence-corrected chi connectivity index (χ0v) is 12.3. The maximum Gasteiger partial charge on any atom is 0.313 e. The van der Waals surface area contributed by atoms with Crippen molar-refractivity contribution in [2.75, 3.05) is 18.5 Å². The number of hydrogen-bond acceptors (Lipinski definition) is 5. The van der Waals surface area contributed by atoms with Crippen molar-refractivity contribution in [2.24, 2.45) is 5.41 Å². The standard InChI is InChI=1S/C13H15ClN2O5/c1-7-3-10(16(19)20)8(14)4-9(7)15-11-5-21-6-13(11,2)12(17)18/h3-4,11,15H,5-6H2,1-2H3,(H,17,18). The predicted octanol–water partition coefficient (Wildman–Crippen LogP) is 2.46. The van der Waals surface area contributed by atoms with Crippen molar-refractivity contribution in [1.82, 2.24) is 0 Å². The summed E-state index contributed by atoms with van der Waals surface area (Å²) in [6.45, 7) is 3.65. The van der Waals surface area contributed by atoms with E-state index in [9.17, 15) is 20.0 Å². The molecule has 2 N–H and O–H groups in total. The van der Waals surface area contributed by atoms with Crippen molar-refractivity contribution < 1.29 is 19.6 Å². The van der Waals surface area contributed by atoms with Gasteiger partial charge in [0, 0.05) is 11.8 Å². The van der Waals surface area contributed by atoms with E-state index in [4.69, 9.17) is 16.3 Å². The third-order valence-electron chi connectivity index (χ3n) is 3.76. The highest BCUT2D eigenvalue weighted by molar-refractivity contribution is 6.33. The topological polar surface area (TPSA) is 102 Å². The Bertz CT molecular complexity index is 606. The van der Waals surface area contributed by atoms with Crippen molar-refractivity contribution in [1.29, 1.82) is 0 Å². The van der Waals surface area contributed by atoms with E-state index >= 15 is 0 Å². The summed E-state index contributed by atoms with van der Waals surface area (Å²) < 4.78 is 5.25. The van der Waals surface area contributed by atoms with Crippen molar-refractivity contribution in [3.63, 3.8) is 0 Å². The zero-order chi connectivity index (χ0) is 15.8. The Morgan fingerprint density at radius 2 is 2.29 bits per heavy atom. The quantitative estimate of drug-likeness (QED) is 0.654. The van der Waals surface area contributed by atoms with Gasteiger partial charge in [-0.25, -0.2) is 0 Å². The van der Waals surface area contributed by atoms with Crippen molar-refractivity contribution in [3.8, 4) is 0 Å². The lowest BCUT2D eigenvalue weighted by Gasteiger charge is -2.27. The van der Waals surface area contributed by atoms with Gasteiger partial charge in [0.15, 0.2) is 0 Å². The highest BCUT2D eigenvalue weighted by atomic mass is 35.5. The lowest BCUT2D eigenvalue weighted by Crippen LogP contribution is -2.43. The van der Waals surface area contributed by atoms with Crippen LogP contribution in [0.5, 0.6) is 0 Å². The molecule has 0 saturated carbocycles. The molecule has 1 aromatic rings. The smallest absolute Gasteiger partial charge is 0.313 e. The predicted molar refractivity (Wildman–Crippen MR) is 76.8 cm³/mol. The van der Waals surface area contributed by atoms with E-state index in [1.807, 2.05) is 0 Å². The average molecular weight is 315 g/mol. The van der Waals surface area contributed by atoms with Crippen LogP contribution < -0.4 is 5.32 Å². The van der Waals surface area contributed by atoms with Gasteiger partial charge in [0.1, 0.15) is 10.4 Å². The molecule has 0 aliphatic carbocycles. The Morgan fingerprint density at radius 3 is 2.86 bits per heavy atom. The maximum absolute atomic E-state index is 11.4. The molecule has 0 bridgehead atoms. The largest absolute Gasteiger partial charge is 0.481 e. The van der Waals surface area contributed by atoms with Crippen LogP contribution in [0.4, 0.5) is 11.4 Å². The number of rotatable bonds is 4. The molecule has 1 aliphatic heterocycles. The number of aliphatic carboxylic acids is 1. The first-order chi connectivity index (χ1) is 9.75. The van der Waals surface area contributed by atoms with Gasteiger partial charge in [0.2, 0.25) is 0 Å². The van der Waals surface area contributed by atoms with Crippen LogP contribution in [-0.2, 0) is 9.53 Å². The molecular formula is C13H15ClN2O5. The number of halogens is 1. The SMILES string of the molecule is Cc1cc([N+](=O)[O-])c(Cl)cc1NC1COCC1(C)C(=O)O. The van der Waals surface area contributed by atoms with Crippen molar-refractivity contribution >= 4 is 28.9 Å². The van der Waals surface area contributed by atoms with Gasteiger partial charge < -0.3 is 15.2 Å². The Hall–Kier alpha value is -1.86. The Kier molecular flexibility index (Phi) is 4.06. The van der Waals surface area contributed by atoms with Crippen LogP contribution in [0.25, 0.3) is 0 Å². The summed E-state index contributed by atoms with van der Waals surface area (Å²) in [6.07, 6.45) is 0. The van der Waals surface area contributed by atoms with Crippen LogP contribution in [0.3, 0.4) is 0 Å². The molecule has 1 fully saturated rings. The molecule has 2 atom stereocenters. The fraction of sp³-hybridized carbons (Fsp3) is 0.462. The molecule has 114 valence electrons. The van der Waals surface area contributed by atoms with E-state index in [1.165, 1.54) is 12.1 Å². The molecule has 2 rings (SSSR count). The number of nitrogens with one attached hydrogen (secondary N) is 1. The molecule has 21 heavy (non-hydrogen) atoms. The van der Waals surface area contributed by atoms with Gasteiger partial charge in [0.05, 0.1) is 24.2 Å². The van der Waals surface area contributed by atoms with Crippen LogP contribution in [0.15, 0.2) is 12.1 Å². The first-order valence-corrected chi connectivity index (χ1v) is 6.65. The van der Waals surface area contributed by atoms with E-state index in [0.717, 1.165) is 0 Å². The second-order valence-corrected chi connectivity index (χ2v) is 5.72. The van der Waals surface area contributed by atoms with Crippen LogP contribution in [0.2, 0.25) is 5.02 Å². The number of hydrogen-bond donors (Lipinski definition) is 2. The number of carbonyl (C=O) groups is 1. The Balaban J connectivity index is 2.30. The van der Waals surface area contributed by atoms with Crippen LogP contribution in [-0.4, -0.2) is 35.3 Å². The van der Waals surface area contributed by atoms with Gasteiger partial charge in [-0.15, -0.1) is 0 Å². The summed E-state index contributed by atoms with van der Waals surface area (Å²) in [5, 5.41) is 23.2. The number of anilines is 1. The lowest BCUT2D eigenvalue weighted by molar-refractivity contribution is -0.384. The summed E-state index contributed by atoms with van der Waals surface area (Å²) in [5.74, 6) is -0.955. The zero-order valence-electron chi connectivity index (χ0n) is 11.6. The number of nitrogens with zero attached hydrogens (tertiary/aromatic N) is 1. The van der Waals surface area contributed by atoms with E-state index in [-0.39, 0.29) is 23.9 Å². The molecule has 1 heterocycles. The molecule has 0 aromatic heterocycles. The summed E-state index contributed by atoms with van der Waals surface area (Å²) in [6, 6.07) is 2.36. The van der Waals surface area contributed by atoms with E-state index < -0.39 is 22.3 Å². The van der Waals surface area contributed by atoms with Crippen molar-refractivity contribution in [2.45, 2.75) is 19.9 Å². The summed E-state index contributed by atoms with van der Waals surface area (Å²) in [4.78, 5) is 21.7.